The normalized spacial score (nSPS) is 21.6. The lowest BCUT2D eigenvalue weighted by atomic mass is 9.86. The second kappa shape index (κ2) is 5.74. The number of ether oxygens (including phenoxy) is 1. The first-order valence-electron chi connectivity index (χ1n) is 8.07. The van der Waals surface area contributed by atoms with Crippen LogP contribution in [0.25, 0.3) is 0 Å². The first kappa shape index (κ1) is 14.9. The predicted molar refractivity (Wildman–Crippen MR) is 88.2 cm³/mol. The van der Waals surface area contributed by atoms with Gasteiger partial charge in [-0.1, -0.05) is 37.3 Å². The number of rotatable bonds is 2. The van der Waals surface area contributed by atoms with Crippen molar-refractivity contribution in [2.24, 2.45) is 11.0 Å². The van der Waals surface area contributed by atoms with E-state index in [9.17, 15) is 9.18 Å². The van der Waals surface area contributed by atoms with Crippen molar-refractivity contribution in [1.82, 2.24) is 5.01 Å². The van der Waals surface area contributed by atoms with E-state index in [4.69, 9.17) is 4.74 Å². The van der Waals surface area contributed by atoms with Crippen molar-refractivity contribution in [2.75, 3.05) is 6.61 Å². The Hall–Kier alpha value is -2.69. The molecule has 0 bridgehead atoms. The Balaban J connectivity index is 1.82. The summed E-state index contributed by atoms with van der Waals surface area (Å²) in [4.78, 5) is 12.4. The van der Waals surface area contributed by atoms with E-state index >= 15 is 0 Å². The van der Waals surface area contributed by atoms with Gasteiger partial charge in [-0.3, -0.25) is 4.79 Å². The van der Waals surface area contributed by atoms with Gasteiger partial charge in [0, 0.05) is 12.0 Å². The molecule has 1 unspecified atom stereocenters. The lowest BCUT2D eigenvalue weighted by molar-refractivity contribution is -0.133. The maximum Gasteiger partial charge on any atom is 0.242 e. The summed E-state index contributed by atoms with van der Waals surface area (Å²) in [5.41, 5.74) is 2.37. The number of hydrogen-bond acceptors (Lipinski definition) is 3. The van der Waals surface area contributed by atoms with Crippen molar-refractivity contribution in [3.8, 4) is 5.75 Å². The molecule has 0 fully saturated rings. The van der Waals surface area contributed by atoms with Crippen LogP contribution >= 0.6 is 0 Å². The van der Waals surface area contributed by atoms with Crippen LogP contribution in [0.3, 0.4) is 0 Å². The highest BCUT2D eigenvalue weighted by Gasteiger charge is 2.44. The molecule has 0 spiro atoms. The molecule has 4 rings (SSSR count). The highest BCUT2D eigenvalue weighted by Crippen LogP contribution is 2.42. The average Bonchev–Trinajstić information content (AvgIpc) is 3.01. The maximum absolute atomic E-state index is 13.7. The van der Waals surface area contributed by atoms with Crippen molar-refractivity contribution in [3.63, 3.8) is 0 Å². The maximum atomic E-state index is 13.7. The fraction of sp³-hybridized carbons (Fsp3) is 0.263. The number of carbonyl (C=O) groups excluding carboxylic acids is 1. The monoisotopic (exact) mass is 324 g/mol. The molecule has 0 radical (unpaired) electrons. The number of amides is 1. The quantitative estimate of drug-likeness (QED) is 0.848. The molecule has 0 aliphatic carbocycles. The minimum Gasteiger partial charge on any atom is -0.492 e. The van der Waals surface area contributed by atoms with E-state index in [-0.39, 0.29) is 23.7 Å². The largest absolute Gasteiger partial charge is 0.492 e. The zero-order chi connectivity index (χ0) is 16.7. The van der Waals surface area contributed by atoms with Crippen molar-refractivity contribution in [2.45, 2.75) is 19.4 Å². The molecule has 2 aromatic carbocycles. The summed E-state index contributed by atoms with van der Waals surface area (Å²) in [5.74, 6) is 0.127. The standard InChI is InChI=1S/C19H17FN2O2/c1-2-17(23)22-19(12-6-4-3-5-7-12)15-11-24-16-9-8-13(20)10-14(16)18(15)21-22/h3-10,15,19H,2,11H2,1H3/t15-,19?/m1/s1. The molecule has 2 aromatic rings. The van der Waals surface area contributed by atoms with Crippen LogP contribution in [-0.4, -0.2) is 23.2 Å². The van der Waals surface area contributed by atoms with Crippen LogP contribution < -0.4 is 4.74 Å². The first-order valence-corrected chi connectivity index (χ1v) is 8.07. The Morgan fingerprint density at radius 3 is 2.83 bits per heavy atom. The number of halogens is 1. The van der Waals surface area contributed by atoms with Crippen LogP contribution in [-0.2, 0) is 4.79 Å². The van der Waals surface area contributed by atoms with Crippen molar-refractivity contribution < 1.29 is 13.9 Å². The van der Waals surface area contributed by atoms with Crippen LogP contribution in [0.1, 0.15) is 30.5 Å². The number of hydrogen-bond donors (Lipinski definition) is 0. The molecular formula is C19H17FN2O2. The summed E-state index contributed by atoms with van der Waals surface area (Å²) in [6, 6.07) is 14.0. The number of hydrazone groups is 1. The Kier molecular flexibility index (Phi) is 3.56. The summed E-state index contributed by atoms with van der Waals surface area (Å²) in [7, 11) is 0. The summed E-state index contributed by atoms with van der Waals surface area (Å²) in [5, 5.41) is 6.12. The van der Waals surface area contributed by atoms with Crippen molar-refractivity contribution in [3.05, 3.63) is 65.5 Å². The van der Waals surface area contributed by atoms with Crippen LogP contribution in [0.4, 0.5) is 4.39 Å². The minimum absolute atomic E-state index is 0.0521. The van der Waals surface area contributed by atoms with Gasteiger partial charge < -0.3 is 4.74 Å². The van der Waals surface area contributed by atoms with Gasteiger partial charge in [0.1, 0.15) is 11.6 Å². The summed E-state index contributed by atoms with van der Waals surface area (Å²) in [6.45, 7) is 2.24. The SMILES string of the molecule is CCC(=O)N1N=C2c3cc(F)ccc3OC[C@H]2C1c1ccccc1. The Bertz CT molecular complexity index is 819. The van der Waals surface area contributed by atoms with Crippen LogP contribution in [0.2, 0.25) is 0 Å². The molecule has 5 heteroatoms. The molecule has 0 N–H and O–H groups in total. The molecule has 2 atom stereocenters. The lowest BCUT2D eigenvalue weighted by Gasteiger charge is -2.29. The lowest BCUT2D eigenvalue weighted by Crippen LogP contribution is -2.34. The third-order valence-electron chi connectivity index (χ3n) is 4.55. The van der Waals surface area contributed by atoms with E-state index in [1.807, 2.05) is 37.3 Å². The van der Waals surface area contributed by atoms with Gasteiger partial charge in [0.05, 0.1) is 24.3 Å². The molecular weight excluding hydrogens is 307 g/mol. The van der Waals surface area contributed by atoms with Gasteiger partial charge in [0.15, 0.2) is 0 Å². The van der Waals surface area contributed by atoms with Gasteiger partial charge in [-0.2, -0.15) is 5.10 Å². The second-order valence-corrected chi connectivity index (χ2v) is 5.99. The molecule has 2 heterocycles. The third kappa shape index (κ3) is 2.28. The molecule has 4 nitrogen and oxygen atoms in total. The highest BCUT2D eigenvalue weighted by atomic mass is 19.1. The molecule has 24 heavy (non-hydrogen) atoms. The van der Waals surface area contributed by atoms with Gasteiger partial charge in [0.25, 0.3) is 0 Å². The molecule has 0 aromatic heterocycles. The number of benzene rings is 2. The topological polar surface area (TPSA) is 41.9 Å². The highest BCUT2D eigenvalue weighted by molar-refractivity contribution is 6.07. The van der Waals surface area contributed by atoms with Gasteiger partial charge in [-0.05, 0) is 23.8 Å². The minimum atomic E-state index is -0.336. The van der Waals surface area contributed by atoms with Gasteiger partial charge in [-0.25, -0.2) is 9.40 Å². The van der Waals surface area contributed by atoms with Crippen molar-refractivity contribution in [1.29, 1.82) is 0 Å². The Labute approximate surface area is 139 Å². The predicted octanol–water partition coefficient (Wildman–Crippen LogP) is 3.53. The van der Waals surface area contributed by atoms with E-state index < -0.39 is 0 Å². The smallest absolute Gasteiger partial charge is 0.242 e. The number of carbonyl (C=O) groups is 1. The fourth-order valence-electron chi connectivity index (χ4n) is 3.40. The zero-order valence-electron chi connectivity index (χ0n) is 13.3. The van der Waals surface area contributed by atoms with Gasteiger partial charge in [-0.15, -0.1) is 0 Å². The first-order chi connectivity index (χ1) is 11.7. The average molecular weight is 324 g/mol. The molecule has 0 saturated carbocycles. The number of nitrogens with zero attached hydrogens (tertiary/aromatic N) is 2. The summed E-state index contributed by atoms with van der Waals surface area (Å²) >= 11 is 0. The molecule has 122 valence electrons. The summed E-state index contributed by atoms with van der Waals surface area (Å²) < 4.78 is 19.5. The Morgan fingerprint density at radius 2 is 2.08 bits per heavy atom. The van der Waals surface area contributed by atoms with E-state index in [1.165, 1.54) is 12.1 Å². The van der Waals surface area contributed by atoms with E-state index in [0.717, 1.165) is 11.3 Å². The van der Waals surface area contributed by atoms with Gasteiger partial charge >= 0.3 is 0 Å². The molecule has 2 aliphatic rings. The fourth-order valence-corrected chi connectivity index (χ4v) is 3.40. The molecule has 1 amide bonds. The summed E-state index contributed by atoms with van der Waals surface area (Å²) in [6.07, 6.45) is 0.365. The van der Waals surface area contributed by atoms with Crippen LogP contribution in [0.15, 0.2) is 53.6 Å². The van der Waals surface area contributed by atoms with E-state index in [0.29, 0.717) is 24.3 Å². The van der Waals surface area contributed by atoms with E-state index in [1.54, 1.807) is 11.1 Å². The second-order valence-electron chi connectivity index (χ2n) is 5.99. The van der Waals surface area contributed by atoms with Crippen LogP contribution in [0, 0.1) is 11.7 Å². The third-order valence-corrected chi connectivity index (χ3v) is 4.55. The number of fused-ring (bicyclic) bond motifs is 3. The zero-order valence-corrected chi connectivity index (χ0v) is 13.3. The Morgan fingerprint density at radius 1 is 1.29 bits per heavy atom. The molecule has 2 aliphatic heterocycles. The van der Waals surface area contributed by atoms with Gasteiger partial charge in [0.2, 0.25) is 5.91 Å². The van der Waals surface area contributed by atoms with E-state index in [2.05, 4.69) is 5.10 Å². The molecule has 0 saturated heterocycles. The van der Waals surface area contributed by atoms with Crippen molar-refractivity contribution >= 4 is 11.6 Å². The van der Waals surface area contributed by atoms with Crippen LogP contribution in [0.5, 0.6) is 5.75 Å².